The van der Waals surface area contributed by atoms with Gasteiger partial charge in [0.1, 0.15) is 5.69 Å². The first kappa shape index (κ1) is 15.5. The lowest BCUT2D eigenvalue weighted by atomic mass is 10.2. The highest BCUT2D eigenvalue weighted by Gasteiger charge is 2.11. The molecule has 8 heteroatoms. The quantitative estimate of drug-likeness (QED) is 0.810. The van der Waals surface area contributed by atoms with Crippen molar-refractivity contribution in [2.75, 3.05) is 5.32 Å². The number of halogens is 2. The summed E-state index contributed by atoms with van der Waals surface area (Å²) in [5.41, 5.74) is 0.134. The molecule has 0 amide bonds. The van der Waals surface area contributed by atoms with Gasteiger partial charge in [0.25, 0.3) is 5.56 Å². The third-order valence-electron chi connectivity index (χ3n) is 2.85. The molecule has 0 spiro atoms. The first-order chi connectivity index (χ1) is 10.0. The maximum atomic E-state index is 11.9. The Kier molecular flexibility index (Phi) is 4.98. The number of anilines is 1. The van der Waals surface area contributed by atoms with Gasteiger partial charge in [-0.1, -0.05) is 23.7 Å². The van der Waals surface area contributed by atoms with Crippen molar-refractivity contribution >= 4 is 44.2 Å². The lowest BCUT2D eigenvalue weighted by Crippen LogP contribution is -2.30. The zero-order valence-corrected chi connectivity index (χ0v) is 13.4. The van der Waals surface area contributed by atoms with Crippen LogP contribution in [0.4, 0.5) is 11.5 Å². The molecular weight excluding hydrogens is 360 g/mol. The van der Waals surface area contributed by atoms with Crippen molar-refractivity contribution in [2.24, 2.45) is 12.0 Å². The standard InChI is InChI=1S/C13H12BrClN4O2/c1-19-11(17-7-14)10(12(20)18-13(19)21)16-6-8-2-4-9(15)5-3-8/h2-5,7,16H,6H2,1H3,(H,18,20,21)/b17-7+. The van der Waals surface area contributed by atoms with Gasteiger partial charge in [0.05, 0.1) is 5.12 Å². The van der Waals surface area contributed by atoms with E-state index in [0.29, 0.717) is 11.6 Å². The topological polar surface area (TPSA) is 79.2 Å². The number of rotatable bonds is 4. The van der Waals surface area contributed by atoms with Crippen LogP contribution in [-0.2, 0) is 13.6 Å². The fourth-order valence-electron chi connectivity index (χ4n) is 1.76. The average molecular weight is 372 g/mol. The van der Waals surface area contributed by atoms with Crippen LogP contribution < -0.4 is 16.6 Å². The molecule has 0 aliphatic rings. The molecule has 0 aliphatic heterocycles. The van der Waals surface area contributed by atoms with Crippen molar-refractivity contribution in [3.63, 3.8) is 0 Å². The fourth-order valence-corrected chi connectivity index (χ4v) is 2.08. The van der Waals surface area contributed by atoms with Gasteiger partial charge in [0, 0.05) is 18.6 Å². The first-order valence-electron chi connectivity index (χ1n) is 5.97. The van der Waals surface area contributed by atoms with E-state index in [-0.39, 0.29) is 11.5 Å². The summed E-state index contributed by atoms with van der Waals surface area (Å²) in [6.45, 7) is 0.406. The van der Waals surface area contributed by atoms with Crippen molar-refractivity contribution in [3.05, 3.63) is 55.7 Å². The van der Waals surface area contributed by atoms with E-state index < -0.39 is 11.2 Å². The molecule has 0 bridgehead atoms. The molecule has 6 nitrogen and oxygen atoms in total. The van der Waals surface area contributed by atoms with Crippen LogP contribution in [0.3, 0.4) is 0 Å². The number of hydrogen-bond donors (Lipinski definition) is 2. The lowest BCUT2D eigenvalue weighted by molar-refractivity contribution is 0.803. The van der Waals surface area contributed by atoms with Gasteiger partial charge in [-0.15, -0.1) is 0 Å². The molecule has 110 valence electrons. The number of nitrogens with one attached hydrogen (secondary N) is 2. The summed E-state index contributed by atoms with van der Waals surface area (Å²) in [6, 6.07) is 7.22. The Balaban J connectivity index is 2.35. The summed E-state index contributed by atoms with van der Waals surface area (Å²) in [4.78, 5) is 29.7. The molecule has 1 aromatic heterocycles. The molecule has 2 N–H and O–H groups in total. The van der Waals surface area contributed by atoms with Crippen LogP contribution in [0, 0.1) is 0 Å². The summed E-state index contributed by atoms with van der Waals surface area (Å²) in [5.74, 6) is 0.245. The van der Waals surface area contributed by atoms with Crippen molar-refractivity contribution in [2.45, 2.75) is 6.54 Å². The summed E-state index contributed by atoms with van der Waals surface area (Å²) < 4.78 is 1.25. The van der Waals surface area contributed by atoms with Crippen LogP contribution in [0.1, 0.15) is 5.56 Å². The molecule has 1 heterocycles. The number of hydrogen-bond acceptors (Lipinski definition) is 4. The second-order valence-electron chi connectivity index (χ2n) is 4.22. The third-order valence-corrected chi connectivity index (χ3v) is 3.30. The van der Waals surface area contributed by atoms with Gasteiger partial charge in [-0.05, 0) is 33.6 Å². The zero-order valence-electron chi connectivity index (χ0n) is 11.1. The summed E-state index contributed by atoms with van der Waals surface area (Å²) in [5, 5.41) is 4.97. The van der Waals surface area contributed by atoms with Gasteiger partial charge in [-0.25, -0.2) is 9.79 Å². The lowest BCUT2D eigenvalue weighted by Gasteiger charge is -2.11. The van der Waals surface area contributed by atoms with E-state index in [0.717, 1.165) is 5.56 Å². The van der Waals surface area contributed by atoms with Gasteiger partial charge in [0.2, 0.25) is 0 Å². The third kappa shape index (κ3) is 3.62. The molecule has 0 aliphatic carbocycles. The van der Waals surface area contributed by atoms with Gasteiger partial charge in [-0.3, -0.25) is 14.3 Å². The predicted molar refractivity (Wildman–Crippen MR) is 88.2 cm³/mol. The maximum Gasteiger partial charge on any atom is 0.329 e. The van der Waals surface area contributed by atoms with Crippen LogP contribution in [-0.4, -0.2) is 14.7 Å². The van der Waals surface area contributed by atoms with Gasteiger partial charge >= 0.3 is 5.69 Å². The molecule has 21 heavy (non-hydrogen) atoms. The number of aliphatic imine (C=N–C) groups is 1. The molecule has 2 aromatic rings. The van der Waals surface area contributed by atoms with Crippen molar-refractivity contribution in [1.82, 2.24) is 9.55 Å². The minimum absolute atomic E-state index is 0.225. The molecule has 1 aromatic carbocycles. The second-order valence-corrected chi connectivity index (χ2v) is 5.07. The van der Waals surface area contributed by atoms with Crippen LogP contribution >= 0.6 is 27.5 Å². The van der Waals surface area contributed by atoms with E-state index in [1.807, 2.05) is 12.1 Å². The summed E-state index contributed by atoms with van der Waals surface area (Å²) >= 11 is 8.87. The van der Waals surface area contributed by atoms with Crippen LogP contribution in [0.25, 0.3) is 0 Å². The van der Waals surface area contributed by atoms with E-state index in [1.54, 1.807) is 12.1 Å². The van der Waals surface area contributed by atoms with Gasteiger partial charge in [-0.2, -0.15) is 0 Å². The van der Waals surface area contributed by atoms with Gasteiger partial charge in [0.15, 0.2) is 5.82 Å². The number of H-pyrrole nitrogens is 1. The molecule has 0 radical (unpaired) electrons. The average Bonchev–Trinajstić information content (AvgIpc) is 2.46. The van der Waals surface area contributed by atoms with E-state index in [2.05, 4.69) is 31.2 Å². The van der Waals surface area contributed by atoms with E-state index >= 15 is 0 Å². The monoisotopic (exact) mass is 370 g/mol. The fraction of sp³-hybridized carbons (Fsp3) is 0.154. The largest absolute Gasteiger partial charge is 0.373 e. The maximum absolute atomic E-state index is 11.9. The minimum atomic E-state index is -0.523. The Labute approximate surface area is 133 Å². The first-order valence-corrected chi connectivity index (χ1v) is 7.26. The predicted octanol–water partition coefficient (Wildman–Crippen LogP) is 2.39. The number of benzene rings is 1. The highest BCUT2D eigenvalue weighted by Crippen LogP contribution is 2.19. The van der Waals surface area contributed by atoms with E-state index in [1.165, 1.54) is 16.7 Å². The van der Waals surface area contributed by atoms with Crippen LogP contribution in [0.15, 0.2) is 38.8 Å². The molecular formula is C13H12BrClN4O2. The van der Waals surface area contributed by atoms with Crippen molar-refractivity contribution in [3.8, 4) is 0 Å². The van der Waals surface area contributed by atoms with Crippen molar-refractivity contribution in [1.29, 1.82) is 0 Å². The number of aromatic amines is 1. The Morgan fingerprint density at radius 1 is 1.38 bits per heavy atom. The molecule has 0 fully saturated rings. The minimum Gasteiger partial charge on any atom is -0.373 e. The number of nitrogens with zero attached hydrogens (tertiary/aromatic N) is 2. The summed E-state index contributed by atoms with van der Waals surface area (Å²) in [6.07, 6.45) is 0. The second kappa shape index (κ2) is 6.73. The Bertz CT molecular complexity index is 780. The molecule has 2 rings (SSSR count). The Morgan fingerprint density at radius 2 is 2.05 bits per heavy atom. The molecule has 0 atom stereocenters. The van der Waals surface area contributed by atoms with Crippen molar-refractivity contribution < 1.29 is 0 Å². The highest BCUT2D eigenvalue weighted by atomic mass is 79.9. The van der Waals surface area contributed by atoms with Crippen LogP contribution in [0.2, 0.25) is 5.02 Å². The van der Waals surface area contributed by atoms with Crippen LogP contribution in [0.5, 0.6) is 0 Å². The molecule has 0 unspecified atom stereocenters. The zero-order chi connectivity index (χ0) is 15.4. The normalized spacial score (nSPS) is 11.0. The van der Waals surface area contributed by atoms with Gasteiger partial charge < -0.3 is 5.32 Å². The molecule has 0 saturated heterocycles. The Hall–Kier alpha value is -1.86. The highest BCUT2D eigenvalue weighted by molar-refractivity contribution is 9.17. The van der Waals surface area contributed by atoms with E-state index in [4.69, 9.17) is 11.6 Å². The number of aromatic nitrogens is 2. The smallest absolute Gasteiger partial charge is 0.329 e. The molecule has 0 saturated carbocycles. The Morgan fingerprint density at radius 3 is 2.67 bits per heavy atom. The SMILES string of the molecule is Cn1c(/N=C/Br)c(NCc2ccc(Cl)cc2)c(=O)[nH]c1=O. The summed E-state index contributed by atoms with van der Waals surface area (Å²) in [7, 11) is 1.53. The van der Waals surface area contributed by atoms with E-state index in [9.17, 15) is 9.59 Å².